The van der Waals surface area contributed by atoms with E-state index >= 15 is 0 Å². The van der Waals surface area contributed by atoms with E-state index in [4.69, 9.17) is 4.74 Å². The first kappa shape index (κ1) is 14.7. The quantitative estimate of drug-likeness (QED) is 0.531. The molecule has 22 heavy (non-hydrogen) atoms. The highest BCUT2D eigenvalue weighted by molar-refractivity contribution is 7.13. The van der Waals surface area contributed by atoms with Crippen molar-refractivity contribution >= 4 is 27.6 Å². The zero-order chi connectivity index (χ0) is 15.4. The molecule has 1 aromatic carbocycles. The molecule has 5 heteroatoms. The highest BCUT2D eigenvalue weighted by atomic mass is 32.1. The Morgan fingerprint density at radius 1 is 1.23 bits per heavy atom. The van der Waals surface area contributed by atoms with Crippen molar-refractivity contribution in [3.63, 3.8) is 0 Å². The Bertz CT molecular complexity index is 784. The maximum atomic E-state index is 12.2. The van der Waals surface area contributed by atoms with Crippen molar-refractivity contribution in [2.45, 2.75) is 19.8 Å². The van der Waals surface area contributed by atoms with E-state index in [0.717, 1.165) is 28.5 Å². The van der Waals surface area contributed by atoms with Gasteiger partial charge in [0.05, 0.1) is 11.3 Å². The third-order valence-corrected chi connectivity index (χ3v) is 4.24. The van der Waals surface area contributed by atoms with E-state index in [9.17, 15) is 4.79 Å². The first-order valence-corrected chi connectivity index (χ1v) is 7.93. The lowest BCUT2D eigenvalue weighted by atomic mass is 10.1. The molecule has 112 valence electrons. The highest BCUT2D eigenvalue weighted by Crippen LogP contribution is 2.24. The Hall–Kier alpha value is -2.27. The molecule has 0 saturated heterocycles. The van der Waals surface area contributed by atoms with Crippen molar-refractivity contribution in [2.24, 2.45) is 0 Å². The molecule has 0 aliphatic rings. The van der Waals surface area contributed by atoms with Crippen LogP contribution >= 0.6 is 11.5 Å². The molecule has 4 nitrogen and oxygen atoms in total. The number of carbonyl (C=O) groups is 1. The van der Waals surface area contributed by atoms with Crippen molar-refractivity contribution in [1.82, 2.24) is 9.36 Å². The van der Waals surface area contributed by atoms with Crippen molar-refractivity contribution in [1.29, 1.82) is 0 Å². The maximum absolute atomic E-state index is 12.2. The number of carbonyl (C=O) groups excluding carboxylic acids is 1. The number of nitrogens with zero attached hydrogens (tertiary/aromatic N) is 2. The van der Waals surface area contributed by atoms with Gasteiger partial charge in [-0.05, 0) is 61.1 Å². The number of fused-ring (bicyclic) bond motifs is 1. The SMILES string of the molecule is Cc1ccc2snc(C(=O)OCCCc3ccncc3)c2c1. The fourth-order valence-electron chi connectivity index (χ4n) is 2.26. The van der Waals surface area contributed by atoms with Gasteiger partial charge in [-0.1, -0.05) is 11.6 Å². The number of aromatic nitrogens is 2. The van der Waals surface area contributed by atoms with Crippen molar-refractivity contribution in [2.75, 3.05) is 6.61 Å². The lowest BCUT2D eigenvalue weighted by Crippen LogP contribution is -2.07. The average molecular weight is 312 g/mol. The summed E-state index contributed by atoms with van der Waals surface area (Å²) in [6, 6.07) is 9.93. The van der Waals surface area contributed by atoms with Crippen LogP contribution in [0, 0.1) is 6.92 Å². The summed E-state index contributed by atoms with van der Waals surface area (Å²) >= 11 is 1.33. The Morgan fingerprint density at radius 2 is 2.05 bits per heavy atom. The van der Waals surface area contributed by atoms with Crippen LogP contribution in [0.5, 0.6) is 0 Å². The summed E-state index contributed by atoms with van der Waals surface area (Å²) in [5.41, 5.74) is 2.73. The molecule has 0 atom stereocenters. The van der Waals surface area contributed by atoms with Crippen molar-refractivity contribution in [3.8, 4) is 0 Å². The number of esters is 1. The van der Waals surface area contributed by atoms with Crippen LogP contribution < -0.4 is 0 Å². The molecular weight excluding hydrogens is 296 g/mol. The number of hydrogen-bond donors (Lipinski definition) is 0. The molecule has 0 spiro atoms. The largest absolute Gasteiger partial charge is 0.461 e. The van der Waals surface area contributed by atoms with Crippen molar-refractivity contribution < 1.29 is 9.53 Å². The predicted octanol–water partition coefficient (Wildman–Crippen LogP) is 3.79. The van der Waals surface area contributed by atoms with Crippen LogP contribution in [0.1, 0.15) is 28.0 Å². The summed E-state index contributed by atoms with van der Waals surface area (Å²) < 4.78 is 10.6. The fourth-order valence-corrected chi connectivity index (χ4v) is 3.00. The molecule has 0 aliphatic heterocycles. The van der Waals surface area contributed by atoms with Gasteiger partial charge in [0.15, 0.2) is 5.69 Å². The molecule has 0 radical (unpaired) electrons. The minimum Gasteiger partial charge on any atom is -0.461 e. The number of rotatable bonds is 5. The van der Waals surface area contributed by atoms with Gasteiger partial charge in [-0.3, -0.25) is 4.98 Å². The standard InChI is InChI=1S/C17H16N2O2S/c1-12-4-5-15-14(11-12)16(19-22-15)17(20)21-10-2-3-13-6-8-18-9-7-13/h4-9,11H,2-3,10H2,1H3. The molecule has 0 aliphatic carbocycles. The second-order valence-corrected chi connectivity index (χ2v) is 5.93. The third kappa shape index (κ3) is 3.31. The molecule has 0 bridgehead atoms. The minimum atomic E-state index is -0.341. The van der Waals surface area contributed by atoms with Crippen LogP contribution in [-0.2, 0) is 11.2 Å². The molecule has 2 aromatic heterocycles. The van der Waals surface area contributed by atoms with Gasteiger partial charge in [0.2, 0.25) is 0 Å². The summed E-state index contributed by atoms with van der Waals surface area (Å²) in [6.45, 7) is 2.40. The fraction of sp³-hybridized carbons (Fsp3) is 0.235. The van der Waals surface area contributed by atoms with E-state index in [-0.39, 0.29) is 5.97 Å². The van der Waals surface area contributed by atoms with E-state index in [1.54, 1.807) is 12.4 Å². The van der Waals surface area contributed by atoms with Crippen LogP contribution in [0.3, 0.4) is 0 Å². The molecule has 0 fully saturated rings. The smallest absolute Gasteiger partial charge is 0.358 e. The van der Waals surface area contributed by atoms with Gasteiger partial charge >= 0.3 is 5.97 Å². The minimum absolute atomic E-state index is 0.341. The summed E-state index contributed by atoms with van der Waals surface area (Å²) in [5, 5.41) is 0.879. The lowest BCUT2D eigenvalue weighted by Gasteiger charge is -2.04. The van der Waals surface area contributed by atoms with Gasteiger partial charge in [0.1, 0.15) is 0 Å². The Balaban J connectivity index is 1.58. The van der Waals surface area contributed by atoms with Crippen LogP contribution in [0.15, 0.2) is 42.7 Å². The third-order valence-electron chi connectivity index (χ3n) is 3.41. The van der Waals surface area contributed by atoms with E-state index in [2.05, 4.69) is 9.36 Å². The summed E-state index contributed by atoms with van der Waals surface area (Å²) in [7, 11) is 0. The zero-order valence-corrected chi connectivity index (χ0v) is 13.1. The monoisotopic (exact) mass is 312 g/mol. The number of aryl methyl sites for hydroxylation is 2. The number of hydrogen-bond acceptors (Lipinski definition) is 5. The first-order chi connectivity index (χ1) is 10.7. The molecular formula is C17H16N2O2S. The van der Waals surface area contributed by atoms with E-state index in [1.807, 2.05) is 37.3 Å². The maximum Gasteiger partial charge on any atom is 0.358 e. The van der Waals surface area contributed by atoms with E-state index in [0.29, 0.717) is 12.3 Å². The highest BCUT2D eigenvalue weighted by Gasteiger charge is 2.15. The summed E-state index contributed by atoms with van der Waals surface area (Å²) in [4.78, 5) is 16.1. The Kier molecular flexibility index (Phi) is 4.44. The van der Waals surface area contributed by atoms with Gasteiger partial charge < -0.3 is 4.74 Å². The second-order valence-electron chi connectivity index (χ2n) is 5.13. The number of pyridine rings is 1. The van der Waals surface area contributed by atoms with Crippen LogP contribution in [0.25, 0.3) is 10.1 Å². The Morgan fingerprint density at radius 3 is 2.86 bits per heavy atom. The van der Waals surface area contributed by atoms with Gasteiger partial charge in [-0.2, -0.15) is 4.37 Å². The first-order valence-electron chi connectivity index (χ1n) is 7.16. The summed E-state index contributed by atoms with van der Waals surface area (Å²) in [5.74, 6) is -0.341. The predicted molar refractivity (Wildman–Crippen MR) is 87.2 cm³/mol. The van der Waals surface area contributed by atoms with Gasteiger partial charge in [0.25, 0.3) is 0 Å². The van der Waals surface area contributed by atoms with E-state index < -0.39 is 0 Å². The van der Waals surface area contributed by atoms with Crippen LogP contribution in [0.2, 0.25) is 0 Å². The zero-order valence-electron chi connectivity index (χ0n) is 12.3. The van der Waals surface area contributed by atoms with Crippen LogP contribution in [0.4, 0.5) is 0 Å². The average Bonchev–Trinajstić information content (AvgIpc) is 2.95. The topological polar surface area (TPSA) is 52.1 Å². The van der Waals surface area contributed by atoms with E-state index in [1.165, 1.54) is 17.1 Å². The number of ether oxygens (including phenoxy) is 1. The molecule has 3 rings (SSSR count). The molecule has 0 amide bonds. The van der Waals surface area contributed by atoms with Gasteiger partial charge in [-0.15, -0.1) is 0 Å². The second kappa shape index (κ2) is 6.66. The number of benzene rings is 1. The van der Waals surface area contributed by atoms with Crippen molar-refractivity contribution in [3.05, 3.63) is 59.5 Å². The normalized spacial score (nSPS) is 10.8. The van der Waals surface area contributed by atoms with Crippen LogP contribution in [-0.4, -0.2) is 21.9 Å². The van der Waals surface area contributed by atoms with Gasteiger partial charge in [-0.25, -0.2) is 4.79 Å². The summed E-state index contributed by atoms with van der Waals surface area (Å²) in [6.07, 6.45) is 5.19. The molecule has 3 aromatic rings. The Labute approximate surface area is 132 Å². The molecule has 0 saturated carbocycles. The molecule has 0 unspecified atom stereocenters. The molecule has 0 N–H and O–H groups in total. The van der Waals surface area contributed by atoms with Gasteiger partial charge in [0, 0.05) is 17.8 Å². The molecule has 2 heterocycles. The lowest BCUT2D eigenvalue weighted by molar-refractivity contribution is 0.0497.